The number of halogens is 3. The molecule has 1 amide bonds. The number of ketones is 1. The van der Waals surface area contributed by atoms with E-state index in [9.17, 15) is 27.6 Å². The highest BCUT2D eigenvalue weighted by atomic mass is 19.4. The molecule has 0 unspecified atom stereocenters. The molecule has 0 saturated carbocycles. The maximum absolute atomic E-state index is 12.7. The Balaban J connectivity index is 2.14. The molecular weight excluding hydrogens is 401 g/mol. The molecule has 1 N–H and O–H groups in total. The van der Waals surface area contributed by atoms with E-state index >= 15 is 0 Å². The van der Waals surface area contributed by atoms with Crippen LogP contribution in [-0.4, -0.2) is 35.0 Å². The molecule has 160 valence electrons. The SMILES string of the molecule is CC(=O)N/C(=C\c1ccccc1)C(=O)OCC(=O)c1cc(C)n(CC(F)(F)F)c1C. The molecule has 1 heterocycles. The monoisotopic (exact) mass is 422 g/mol. The number of esters is 1. The van der Waals surface area contributed by atoms with Crippen molar-refractivity contribution in [1.29, 1.82) is 0 Å². The number of nitrogens with one attached hydrogen (secondary N) is 1. The fourth-order valence-electron chi connectivity index (χ4n) is 2.84. The van der Waals surface area contributed by atoms with Crippen molar-refractivity contribution < 1.29 is 32.3 Å². The zero-order valence-corrected chi connectivity index (χ0v) is 16.7. The fourth-order valence-corrected chi connectivity index (χ4v) is 2.84. The number of aromatic nitrogens is 1. The third-order valence-electron chi connectivity index (χ3n) is 4.19. The van der Waals surface area contributed by atoms with E-state index in [1.807, 2.05) is 0 Å². The minimum atomic E-state index is -4.43. The van der Waals surface area contributed by atoms with E-state index < -0.39 is 37.0 Å². The molecule has 0 saturated heterocycles. The van der Waals surface area contributed by atoms with E-state index in [-0.39, 0.29) is 22.6 Å². The second-order valence-corrected chi connectivity index (χ2v) is 6.64. The first kappa shape index (κ1) is 22.9. The Bertz CT molecular complexity index is 976. The summed E-state index contributed by atoms with van der Waals surface area (Å²) in [6.45, 7) is 2.17. The Morgan fingerprint density at radius 1 is 1.13 bits per heavy atom. The number of hydrogen-bond donors (Lipinski definition) is 1. The van der Waals surface area contributed by atoms with Gasteiger partial charge in [-0.25, -0.2) is 4.79 Å². The smallest absolute Gasteiger partial charge is 0.406 e. The van der Waals surface area contributed by atoms with Gasteiger partial charge in [-0.3, -0.25) is 9.59 Å². The van der Waals surface area contributed by atoms with Gasteiger partial charge in [0.15, 0.2) is 6.61 Å². The van der Waals surface area contributed by atoms with E-state index in [0.29, 0.717) is 5.56 Å². The van der Waals surface area contributed by atoms with Crippen LogP contribution < -0.4 is 5.32 Å². The number of carbonyl (C=O) groups is 3. The maximum Gasteiger partial charge on any atom is 0.406 e. The lowest BCUT2D eigenvalue weighted by molar-refractivity contribution is -0.141. The van der Waals surface area contributed by atoms with Crippen LogP contribution in [0, 0.1) is 13.8 Å². The first-order valence-electron chi connectivity index (χ1n) is 8.96. The predicted molar refractivity (Wildman–Crippen MR) is 103 cm³/mol. The lowest BCUT2D eigenvalue weighted by atomic mass is 10.1. The second-order valence-electron chi connectivity index (χ2n) is 6.64. The van der Waals surface area contributed by atoms with Crippen molar-refractivity contribution in [3.63, 3.8) is 0 Å². The van der Waals surface area contributed by atoms with Crippen LogP contribution in [-0.2, 0) is 20.9 Å². The highest BCUT2D eigenvalue weighted by molar-refractivity contribution is 6.02. The van der Waals surface area contributed by atoms with Crippen molar-refractivity contribution in [3.8, 4) is 0 Å². The number of hydrogen-bond acceptors (Lipinski definition) is 4. The summed E-state index contributed by atoms with van der Waals surface area (Å²) < 4.78 is 44.1. The van der Waals surface area contributed by atoms with Crippen molar-refractivity contribution in [1.82, 2.24) is 9.88 Å². The lowest BCUT2D eigenvalue weighted by Gasteiger charge is -2.12. The molecule has 0 spiro atoms. The van der Waals surface area contributed by atoms with Gasteiger partial charge in [0, 0.05) is 23.9 Å². The highest BCUT2D eigenvalue weighted by Gasteiger charge is 2.30. The van der Waals surface area contributed by atoms with Gasteiger partial charge in [0.1, 0.15) is 12.2 Å². The maximum atomic E-state index is 12.7. The normalized spacial score (nSPS) is 11.9. The summed E-state index contributed by atoms with van der Waals surface area (Å²) in [5.74, 6) is -2.09. The lowest BCUT2D eigenvalue weighted by Crippen LogP contribution is -2.27. The third kappa shape index (κ3) is 6.33. The minimum absolute atomic E-state index is 0.0395. The number of carbonyl (C=O) groups excluding carboxylic acids is 3. The van der Waals surface area contributed by atoms with Gasteiger partial charge >= 0.3 is 12.1 Å². The predicted octanol–water partition coefficient (Wildman–Crippen LogP) is 3.57. The summed E-state index contributed by atoms with van der Waals surface area (Å²) in [6, 6.07) is 9.99. The molecule has 0 atom stereocenters. The zero-order valence-electron chi connectivity index (χ0n) is 16.7. The standard InChI is InChI=1S/C21H21F3N2O4/c1-13-9-17(14(2)26(13)12-21(22,23)24)19(28)11-30-20(29)18(25-15(3)27)10-16-7-5-4-6-8-16/h4-10H,11-12H2,1-3H3,(H,25,27)/b18-10-. The van der Waals surface area contributed by atoms with E-state index in [0.717, 1.165) is 4.57 Å². The fraction of sp³-hybridized carbons (Fsp3) is 0.286. The number of rotatable bonds is 7. The van der Waals surface area contributed by atoms with Crippen LogP contribution in [0.2, 0.25) is 0 Å². The quantitative estimate of drug-likeness (QED) is 0.420. The van der Waals surface area contributed by atoms with Crippen LogP contribution in [0.5, 0.6) is 0 Å². The summed E-state index contributed by atoms with van der Waals surface area (Å²) in [7, 11) is 0. The molecule has 2 aromatic rings. The number of amides is 1. The van der Waals surface area contributed by atoms with Crippen LogP contribution in [0.4, 0.5) is 13.2 Å². The van der Waals surface area contributed by atoms with Crippen molar-refractivity contribution in [3.05, 3.63) is 64.6 Å². The first-order chi connectivity index (χ1) is 14.0. The molecule has 0 radical (unpaired) electrons. The molecule has 9 heteroatoms. The van der Waals surface area contributed by atoms with Crippen LogP contribution >= 0.6 is 0 Å². The molecule has 0 aliphatic carbocycles. The Hall–Kier alpha value is -3.36. The summed E-state index contributed by atoms with van der Waals surface area (Å²) in [6.07, 6.45) is -3.04. The number of alkyl halides is 3. The highest BCUT2D eigenvalue weighted by Crippen LogP contribution is 2.23. The minimum Gasteiger partial charge on any atom is -0.453 e. The molecule has 0 aliphatic rings. The second kappa shape index (κ2) is 9.43. The average molecular weight is 422 g/mol. The average Bonchev–Trinajstić information content (AvgIpc) is 2.92. The van der Waals surface area contributed by atoms with Crippen LogP contribution in [0.3, 0.4) is 0 Å². The van der Waals surface area contributed by atoms with Crippen molar-refractivity contribution in [2.75, 3.05) is 6.61 Å². The molecule has 2 rings (SSSR count). The topological polar surface area (TPSA) is 77.4 Å². The molecule has 0 bridgehead atoms. The van der Waals surface area contributed by atoms with Gasteiger partial charge in [-0.2, -0.15) is 13.2 Å². The molecular formula is C21H21F3N2O4. The van der Waals surface area contributed by atoms with Crippen LogP contribution in [0.15, 0.2) is 42.1 Å². The van der Waals surface area contributed by atoms with E-state index in [1.54, 1.807) is 30.3 Å². The number of Topliss-reactive ketones (excluding diaryl/α,β-unsaturated/α-hetero) is 1. The van der Waals surface area contributed by atoms with Gasteiger partial charge in [0.25, 0.3) is 0 Å². The van der Waals surface area contributed by atoms with Gasteiger partial charge < -0.3 is 14.6 Å². The summed E-state index contributed by atoms with van der Waals surface area (Å²) in [4.78, 5) is 36.2. The van der Waals surface area contributed by atoms with Crippen molar-refractivity contribution in [2.45, 2.75) is 33.5 Å². The number of aryl methyl sites for hydroxylation is 1. The Kier molecular flexibility index (Phi) is 7.20. The Labute approximate surface area is 171 Å². The molecule has 1 aromatic carbocycles. The molecule has 6 nitrogen and oxygen atoms in total. The van der Waals surface area contributed by atoms with Gasteiger partial charge in [-0.15, -0.1) is 0 Å². The molecule has 0 fully saturated rings. The van der Waals surface area contributed by atoms with Gasteiger partial charge in [-0.1, -0.05) is 30.3 Å². The van der Waals surface area contributed by atoms with Gasteiger partial charge in [0.2, 0.25) is 11.7 Å². The Morgan fingerprint density at radius 2 is 1.77 bits per heavy atom. The first-order valence-corrected chi connectivity index (χ1v) is 8.96. The number of nitrogens with zero attached hydrogens (tertiary/aromatic N) is 1. The van der Waals surface area contributed by atoms with Crippen molar-refractivity contribution in [2.24, 2.45) is 0 Å². The Morgan fingerprint density at radius 3 is 2.33 bits per heavy atom. The summed E-state index contributed by atoms with van der Waals surface area (Å²) >= 11 is 0. The summed E-state index contributed by atoms with van der Waals surface area (Å²) in [5, 5.41) is 2.35. The van der Waals surface area contributed by atoms with E-state index in [2.05, 4.69) is 5.32 Å². The number of benzene rings is 1. The van der Waals surface area contributed by atoms with Gasteiger partial charge in [0.05, 0.1) is 0 Å². The van der Waals surface area contributed by atoms with Gasteiger partial charge in [-0.05, 0) is 31.6 Å². The van der Waals surface area contributed by atoms with Crippen LogP contribution in [0.1, 0.15) is 34.2 Å². The molecule has 1 aromatic heterocycles. The number of ether oxygens (including phenoxy) is 1. The zero-order chi connectivity index (χ0) is 22.5. The third-order valence-corrected chi connectivity index (χ3v) is 4.19. The van der Waals surface area contributed by atoms with E-state index in [1.165, 1.54) is 32.9 Å². The summed E-state index contributed by atoms with van der Waals surface area (Å²) in [5.41, 5.74) is 0.900. The molecule has 30 heavy (non-hydrogen) atoms. The van der Waals surface area contributed by atoms with Crippen LogP contribution in [0.25, 0.3) is 6.08 Å². The van der Waals surface area contributed by atoms with Crippen molar-refractivity contribution >= 4 is 23.7 Å². The largest absolute Gasteiger partial charge is 0.453 e. The molecule has 0 aliphatic heterocycles. The van der Waals surface area contributed by atoms with E-state index in [4.69, 9.17) is 4.74 Å².